The number of ether oxygens (including phenoxy) is 1. The van der Waals surface area contributed by atoms with Gasteiger partial charge in [0.15, 0.2) is 0 Å². The molecule has 2 aromatic carbocycles. The molecule has 0 bridgehead atoms. The van der Waals surface area contributed by atoms with Crippen LogP contribution in [-0.2, 0) is 21.9 Å². The average molecular weight is 585 g/mol. The first-order valence-corrected chi connectivity index (χ1v) is 14.2. The van der Waals surface area contributed by atoms with Crippen molar-refractivity contribution in [1.29, 1.82) is 0 Å². The second-order valence-electron chi connectivity index (χ2n) is 9.42. The summed E-state index contributed by atoms with van der Waals surface area (Å²) in [5.41, 5.74) is 4.42. The number of nitrogens with one attached hydrogen (secondary N) is 2. The summed E-state index contributed by atoms with van der Waals surface area (Å²) in [7, 11) is -3.35. The summed E-state index contributed by atoms with van der Waals surface area (Å²) in [6.45, 7) is 2.78. The highest BCUT2D eigenvalue weighted by Gasteiger charge is 2.47. The van der Waals surface area contributed by atoms with E-state index in [1.165, 1.54) is 29.3 Å². The minimum atomic E-state index is -3.35. The molecule has 0 radical (unpaired) electrons. The third-order valence-corrected chi connectivity index (χ3v) is 8.84. The molecule has 2 heterocycles. The molecule has 1 fully saturated rings. The van der Waals surface area contributed by atoms with Crippen molar-refractivity contribution in [3.63, 3.8) is 0 Å². The van der Waals surface area contributed by atoms with Crippen molar-refractivity contribution >= 4 is 52.1 Å². The number of hydrogen-bond acceptors (Lipinski definition) is 5. The Labute approximate surface area is 236 Å². The van der Waals surface area contributed by atoms with Gasteiger partial charge in [0, 0.05) is 22.5 Å². The Kier molecular flexibility index (Phi) is 9.75. The summed E-state index contributed by atoms with van der Waals surface area (Å²) in [6.07, 6.45) is 6.49. The lowest BCUT2D eigenvalue weighted by atomic mass is 9.58. The monoisotopic (exact) mass is 583 g/mol. The normalized spacial score (nSPS) is 17.8. The molecular formula is C27H32Cl3N3O3S. The Balaban J connectivity index is 0.00000190. The molecule has 6 nitrogen and oxygen atoms in total. The van der Waals surface area contributed by atoms with Gasteiger partial charge in [0.1, 0.15) is 5.75 Å². The van der Waals surface area contributed by atoms with Gasteiger partial charge in [-0.1, -0.05) is 43.1 Å². The standard InChI is InChI=1S/C27H30ClN3O3S.2ClH/c1-2-16-35(32,33)31-22-9-11-25(30-18-22)34-23-10-4-19-12-15-29-26(24(19)17-23)27(13-3-14-27)20-5-7-21(28)8-6-20;;/h4-11,17-18,26,29,31H,2-3,12-16H2,1H3;2*1H. The van der Waals surface area contributed by atoms with Gasteiger partial charge >= 0.3 is 0 Å². The van der Waals surface area contributed by atoms with E-state index in [1.807, 2.05) is 25.1 Å². The van der Waals surface area contributed by atoms with E-state index >= 15 is 0 Å². The molecule has 0 spiro atoms. The topological polar surface area (TPSA) is 80.3 Å². The van der Waals surface area contributed by atoms with Crippen LogP contribution in [0, 0.1) is 0 Å². The lowest BCUT2D eigenvalue weighted by Gasteiger charge is -2.50. The molecule has 1 aliphatic heterocycles. The number of hydrogen-bond donors (Lipinski definition) is 2. The molecule has 0 saturated heterocycles. The van der Waals surface area contributed by atoms with Crippen molar-refractivity contribution < 1.29 is 13.2 Å². The Morgan fingerprint density at radius 3 is 2.49 bits per heavy atom. The fourth-order valence-electron chi connectivity index (χ4n) is 5.29. The number of nitrogens with zero attached hydrogens (tertiary/aromatic N) is 1. The number of rotatable bonds is 8. The summed E-state index contributed by atoms with van der Waals surface area (Å²) < 4.78 is 32.6. The zero-order chi connectivity index (χ0) is 24.5. The zero-order valence-electron chi connectivity index (χ0n) is 20.6. The predicted octanol–water partition coefficient (Wildman–Crippen LogP) is 6.83. The van der Waals surface area contributed by atoms with Gasteiger partial charge in [-0.2, -0.15) is 0 Å². The molecule has 37 heavy (non-hydrogen) atoms. The van der Waals surface area contributed by atoms with Crippen LogP contribution in [0.25, 0.3) is 0 Å². The lowest BCUT2D eigenvalue weighted by molar-refractivity contribution is 0.164. The van der Waals surface area contributed by atoms with Gasteiger partial charge in [0.2, 0.25) is 15.9 Å². The number of sulfonamides is 1. The average Bonchev–Trinajstić information content (AvgIpc) is 2.81. The van der Waals surface area contributed by atoms with E-state index in [0.717, 1.165) is 36.6 Å². The van der Waals surface area contributed by atoms with E-state index in [2.05, 4.69) is 39.3 Å². The number of halogens is 3. The number of pyridine rings is 1. The molecular weight excluding hydrogens is 553 g/mol. The van der Waals surface area contributed by atoms with Crippen molar-refractivity contribution in [2.75, 3.05) is 17.0 Å². The highest BCUT2D eigenvalue weighted by molar-refractivity contribution is 7.92. The molecule has 1 saturated carbocycles. The van der Waals surface area contributed by atoms with Gasteiger partial charge in [-0.25, -0.2) is 13.4 Å². The van der Waals surface area contributed by atoms with Gasteiger partial charge in [-0.05, 0) is 79.3 Å². The number of fused-ring (bicyclic) bond motifs is 1. The van der Waals surface area contributed by atoms with Crippen molar-refractivity contribution in [2.24, 2.45) is 0 Å². The SMILES string of the molecule is CCCS(=O)(=O)Nc1ccc(Oc2ccc3c(c2)C(C2(c4ccc(Cl)cc4)CCC2)NCC3)nc1.Cl.Cl. The molecule has 1 aromatic heterocycles. The fraction of sp³-hybridized carbons (Fsp3) is 0.370. The van der Waals surface area contributed by atoms with Crippen molar-refractivity contribution in [1.82, 2.24) is 10.3 Å². The maximum Gasteiger partial charge on any atom is 0.232 e. The number of benzene rings is 2. The van der Waals surface area contributed by atoms with E-state index < -0.39 is 10.0 Å². The molecule has 1 aliphatic carbocycles. The van der Waals surface area contributed by atoms with E-state index in [4.69, 9.17) is 16.3 Å². The van der Waals surface area contributed by atoms with Gasteiger partial charge in [0.25, 0.3) is 0 Å². The molecule has 3 aromatic rings. The Hall–Kier alpha value is -2.03. The van der Waals surface area contributed by atoms with Crippen LogP contribution in [0.4, 0.5) is 5.69 Å². The minimum absolute atomic E-state index is 0. The second-order valence-corrected chi connectivity index (χ2v) is 11.7. The predicted molar refractivity (Wildman–Crippen MR) is 154 cm³/mol. The molecule has 200 valence electrons. The first kappa shape index (κ1) is 29.5. The number of aromatic nitrogens is 1. The van der Waals surface area contributed by atoms with Gasteiger partial charge in [0.05, 0.1) is 17.6 Å². The van der Waals surface area contributed by atoms with Crippen LogP contribution in [0.1, 0.15) is 55.3 Å². The minimum Gasteiger partial charge on any atom is -0.439 e. The summed E-state index contributed by atoms with van der Waals surface area (Å²) in [4.78, 5) is 4.30. The van der Waals surface area contributed by atoms with Crippen LogP contribution in [0.3, 0.4) is 0 Å². The maximum absolute atomic E-state index is 12.0. The third kappa shape index (κ3) is 6.35. The van der Waals surface area contributed by atoms with Crippen molar-refractivity contribution in [3.05, 3.63) is 82.5 Å². The highest BCUT2D eigenvalue weighted by Crippen LogP contribution is 2.53. The Morgan fingerprint density at radius 1 is 1.11 bits per heavy atom. The van der Waals surface area contributed by atoms with E-state index in [0.29, 0.717) is 18.0 Å². The first-order chi connectivity index (χ1) is 16.9. The smallest absolute Gasteiger partial charge is 0.232 e. The highest BCUT2D eigenvalue weighted by atomic mass is 35.5. The molecule has 10 heteroatoms. The van der Waals surface area contributed by atoms with Crippen LogP contribution in [0.2, 0.25) is 5.02 Å². The largest absolute Gasteiger partial charge is 0.439 e. The molecule has 2 N–H and O–H groups in total. The summed E-state index contributed by atoms with van der Waals surface area (Å²) >= 11 is 6.17. The Morgan fingerprint density at radius 2 is 1.86 bits per heavy atom. The lowest BCUT2D eigenvalue weighted by Crippen LogP contribution is -2.49. The fourth-order valence-corrected chi connectivity index (χ4v) is 6.54. The third-order valence-electron chi connectivity index (χ3n) is 7.09. The van der Waals surface area contributed by atoms with E-state index in [9.17, 15) is 8.42 Å². The van der Waals surface area contributed by atoms with Crippen LogP contribution in [0.15, 0.2) is 60.8 Å². The van der Waals surface area contributed by atoms with Crippen LogP contribution in [-0.4, -0.2) is 25.7 Å². The van der Waals surface area contributed by atoms with Gasteiger partial charge < -0.3 is 10.1 Å². The number of anilines is 1. The van der Waals surface area contributed by atoms with Crippen LogP contribution < -0.4 is 14.8 Å². The van der Waals surface area contributed by atoms with Crippen molar-refractivity contribution in [2.45, 2.75) is 50.5 Å². The zero-order valence-corrected chi connectivity index (χ0v) is 23.8. The molecule has 2 aliphatic rings. The van der Waals surface area contributed by atoms with Gasteiger partial charge in [-0.3, -0.25) is 4.72 Å². The molecule has 5 rings (SSSR count). The van der Waals surface area contributed by atoms with Gasteiger partial charge in [-0.15, -0.1) is 24.8 Å². The van der Waals surface area contributed by atoms with Crippen LogP contribution >= 0.6 is 36.4 Å². The second kappa shape index (κ2) is 12.2. The Bertz CT molecular complexity index is 1300. The maximum atomic E-state index is 12.0. The van der Waals surface area contributed by atoms with Crippen LogP contribution in [0.5, 0.6) is 11.6 Å². The quantitative estimate of drug-likeness (QED) is 0.303. The molecule has 0 amide bonds. The summed E-state index contributed by atoms with van der Waals surface area (Å²) in [5.74, 6) is 1.21. The van der Waals surface area contributed by atoms with E-state index in [-0.39, 0.29) is 42.0 Å². The first-order valence-electron chi connectivity index (χ1n) is 12.2. The molecule has 1 unspecified atom stereocenters. The summed E-state index contributed by atoms with van der Waals surface area (Å²) in [6, 6.07) is 18.1. The molecule has 1 atom stereocenters. The van der Waals surface area contributed by atoms with E-state index in [1.54, 1.807) is 12.1 Å². The summed E-state index contributed by atoms with van der Waals surface area (Å²) in [5, 5.41) is 4.55. The van der Waals surface area contributed by atoms with Crippen molar-refractivity contribution in [3.8, 4) is 11.6 Å².